The summed E-state index contributed by atoms with van der Waals surface area (Å²) >= 11 is 0. The molecular weight excluding hydrogens is 400 g/mol. The fraction of sp³-hybridized carbons (Fsp3) is 0.318. The van der Waals surface area contributed by atoms with Gasteiger partial charge in [-0.15, -0.1) is 0 Å². The van der Waals surface area contributed by atoms with Crippen LogP contribution in [0.1, 0.15) is 30.9 Å². The quantitative estimate of drug-likeness (QED) is 0.758. The van der Waals surface area contributed by atoms with Gasteiger partial charge in [-0.05, 0) is 48.6 Å². The molecule has 4 rings (SSSR count). The maximum absolute atomic E-state index is 13.2. The fourth-order valence-electron chi connectivity index (χ4n) is 3.76. The van der Waals surface area contributed by atoms with E-state index in [4.69, 9.17) is 5.26 Å². The van der Waals surface area contributed by atoms with Gasteiger partial charge in [0.25, 0.3) is 5.91 Å². The molecule has 1 fully saturated rings. The number of rotatable bonds is 3. The Hall–Kier alpha value is -3.18. The van der Waals surface area contributed by atoms with E-state index >= 15 is 0 Å². The second-order valence-electron chi connectivity index (χ2n) is 7.72. The van der Waals surface area contributed by atoms with Crippen LogP contribution in [0.3, 0.4) is 0 Å². The van der Waals surface area contributed by atoms with Gasteiger partial charge in [0.15, 0.2) is 0 Å². The molecule has 0 radical (unpaired) electrons. The molecule has 1 amide bonds. The molecule has 0 aromatic heterocycles. The third-order valence-electron chi connectivity index (χ3n) is 5.54. The van der Waals surface area contributed by atoms with E-state index in [-0.39, 0.29) is 11.4 Å². The van der Waals surface area contributed by atoms with Crippen LogP contribution in [0.5, 0.6) is 0 Å². The number of para-hydroxylation sites is 1. The van der Waals surface area contributed by atoms with Crippen molar-refractivity contribution >= 4 is 26.5 Å². The lowest BCUT2D eigenvalue weighted by Gasteiger charge is -2.32. The zero-order valence-electron chi connectivity index (χ0n) is 16.7. The van der Waals surface area contributed by atoms with E-state index in [9.17, 15) is 13.2 Å². The average Bonchev–Trinajstić information content (AvgIpc) is 2.76. The summed E-state index contributed by atoms with van der Waals surface area (Å²) < 4.78 is 26.4. The lowest BCUT2D eigenvalue weighted by Crippen LogP contribution is -2.46. The number of amides is 1. The largest absolute Gasteiger partial charge is 0.337 e. The van der Waals surface area contributed by atoms with Crippen molar-refractivity contribution in [2.24, 2.45) is 11.0 Å². The number of piperidine rings is 1. The van der Waals surface area contributed by atoms with E-state index in [2.05, 4.69) is 18.1 Å². The summed E-state index contributed by atoms with van der Waals surface area (Å²) in [7, 11) is -4.02. The van der Waals surface area contributed by atoms with Gasteiger partial charge in [0.2, 0.25) is 14.9 Å². The summed E-state index contributed by atoms with van der Waals surface area (Å²) in [6.45, 7) is 3.43. The monoisotopic (exact) mass is 422 g/mol. The highest BCUT2D eigenvalue weighted by atomic mass is 32.2. The lowest BCUT2D eigenvalue weighted by atomic mass is 9.99. The molecular formula is C22H22N4O3S. The first-order chi connectivity index (χ1) is 14.4. The minimum atomic E-state index is -4.02. The summed E-state index contributed by atoms with van der Waals surface area (Å²) in [5.41, 5.74) is 1.72. The Bertz CT molecular complexity index is 1160. The van der Waals surface area contributed by atoms with Gasteiger partial charge in [-0.3, -0.25) is 9.80 Å². The molecule has 2 aliphatic rings. The van der Waals surface area contributed by atoms with Gasteiger partial charge in [-0.2, -0.15) is 10.4 Å². The first-order valence-electron chi connectivity index (χ1n) is 9.88. The van der Waals surface area contributed by atoms with Crippen LogP contribution in [0.4, 0.5) is 5.69 Å². The molecule has 0 N–H and O–H groups in total. The highest BCUT2D eigenvalue weighted by molar-refractivity contribution is 8.08. The first kappa shape index (κ1) is 20.1. The molecule has 7 nitrogen and oxygen atoms in total. The molecule has 2 aromatic carbocycles. The van der Waals surface area contributed by atoms with Crippen LogP contribution in [-0.4, -0.2) is 37.4 Å². The molecule has 0 aliphatic carbocycles. The van der Waals surface area contributed by atoms with Crippen molar-refractivity contribution < 1.29 is 13.2 Å². The first-order valence-corrected chi connectivity index (χ1v) is 11.4. The summed E-state index contributed by atoms with van der Waals surface area (Å²) in [4.78, 5) is 14.8. The van der Waals surface area contributed by atoms with Gasteiger partial charge < -0.3 is 4.90 Å². The minimum Gasteiger partial charge on any atom is -0.337 e. The van der Waals surface area contributed by atoms with Crippen LogP contribution in [0.15, 0.2) is 58.5 Å². The zero-order chi connectivity index (χ0) is 21.3. The number of hydrogen-bond acceptors (Lipinski definition) is 6. The number of hydrogen-bond donors (Lipinski definition) is 0. The Morgan fingerprint density at radius 1 is 1.17 bits per heavy atom. The Labute approximate surface area is 176 Å². The van der Waals surface area contributed by atoms with Crippen molar-refractivity contribution in [3.05, 3.63) is 59.7 Å². The van der Waals surface area contributed by atoms with E-state index in [1.165, 1.54) is 11.1 Å². The van der Waals surface area contributed by atoms with Crippen LogP contribution >= 0.6 is 0 Å². The molecule has 1 saturated heterocycles. The highest BCUT2D eigenvalue weighted by Crippen LogP contribution is 2.33. The zero-order valence-corrected chi connectivity index (χ0v) is 17.5. The number of sulfone groups is 1. The highest BCUT2D eigenvalue weighted by Gasteiger charge is 2.39. The summed E-state index contributed by atoms with van der Waals surface area (Å²) in [5, 5.41) is 14.6. The standard InChI is InChI=1S/C22H22N4O3S/c1-16-9-11-25(12-10-16)22(27)21-24-26(15-18-6-4-5-17(13-18)14-23)19-7-2-3-8-20(19)30(21,28)29/h2-8,13,16H,9-12,15H2,1H3. The van der Waals surface area contributed by atoms with Gasteiger partial charge in [-0.25, -0.2) is 8.42 Å². The molecule has 0 atom stereocenters. The van der Waals surface area contributed by atoms with Gasteiger partial charge in [-0.1, -0.05) is 31.2 Å². The topological polar surface area (TPSA) is 93.8 Å². The van der Waals surface area contributed by atoms with E-state index in [0.29, 0.717) is 30.3 Å². The maximum atomic E-state index is 13.2. The number of likely N-dealkylation sites (tertiary alicyclic amines) is 1. The number of benzene rings is 2. The number of carbonyl (C=O) groups is 1. The van der Waals surface area contributed by atoms with Crippen LogP contribution < -0.4 is 5.01 Å². The van der Waals surface area contributed by atoms with Crippen molar-refractivity contribution in [3.8, 4) is 6.07 Å². The predicted molar refractivity (Wildman–Crippen MR) is 113 cm³/mol. The van der Waals surface area contributed by atoms with Crippen LogP contribution in [-0.2, 0) is 21.2 Å². The van der Waals surface area contributed by atoms with Gasteiger partial charge in [0.05, 0.1) is 28.8 Å². The number of hydrazone groups is 1. The lowest BCUT2D eigenvalue weighted by molar-refractivity contribution is -0.125. The Morgan fingerprint density at radius 2 is 1.90 bits per heavy atom. The minimum absolute atomic E-state index is 0.0742. The molecule has 2 aliphatic heterocycles. The number of fused-ring (bicyclic) bond motifs is 1. The number of nitrogens with zero attached hydrogens (tertiary/aromatic N) is 4. The number of carbonyl (C=O) groups excluding carboxylic acids is 1. The van der Waals surface area contributed by atoms with Crippen molar-refractivity contribution in [3.63, 3.8) is 0 Å². The maximum Gasteiger partial charge on any atom is 0.286 e. The van der Waals surface area contributed by atoms with Crippen LogP contribution in [0.2, 0.25) is 0 Å². The van der Waals surface area contributed by atoms with E-state index < -0.39 is 20.8 Å². The van der Waals surface area contributed by atoms with E-state index in [1.807, 2.05) is 6.07 Å². The van der Waals surface area contributed by atoms with E-state index in [0.717, 1.165) is 18.4 Å². The van der Waals surface area contributed by atoms with Crippen LogP contribution in [0.25, 0.3) is 0 Å². The summed E-state index contributed by atoms with van der Waals surface area (Å²) in [5.74, 6) is -0.0317. The molecule has 154 valence electrons. The van der Waals surface area contributed by atoms with Crippen molar-refractivity contribution in [1.82, 2.24) is 4.90 Å². The van der Waals surface area contributed by atoms with Crippen molar-refractivity contribution in [2.45, 2.75) is 31.2 Å². The molecule has 2 aromatic rings. The normalized spacial score (nSPS) is 18.3. The van der Waals surface area contributed by atoms with Gasteiger partial charge in [0.1, 0.15) is 0 Å². The number of nitriles is 1. The van der Waals surface area contributed by atoms with Gasteiger partial charge in [0, 0.05) is 13.1 Å². The van der Waals surface area contributed by atoms with Crippen molar-refractivity contribution in [1.29, 1.82) is 5.26 Å². The third-order valence-corrected chi connectivity index (χ3v) is 7.23. The smallest absolute Gasteiger partial charge is 0.286 e. The molecule has 0 unspecified atom stereocenters. The van der Waals surface area contributed by atoms with Crippen LogP contribution in [0, 0.1) is 17.2 Å². The SMILES string of the molecule is CC1CCN(C(=O)C2=NN(Cc3cccc(C#N)c3)c3ccccc3S2(=O)=O)CC1. The summed E-state index contributed by atoms with van der Waals surface area (Å²) in [6, 6.07) is 15.7. The second kappa shape index (κ2) is 7.92. The molecule has 8 heteroatoms. The van der Waals surface area contributed by atoms with Gasteiger partial charge >= 0.3 is 0 Å². The molecule has 0 saturated carbocycles. The molecule has 0 spiro atoms. The Morgan fingerprint density at radius 3 is 2.63 bits per heavy atom. The Kier molecular flexibility index (Phi) is 5.31. The molecule has 0 bridgehead atoms. The van der Waals surface area contributed by atoms with E-state index in [1.54, 1.807) is 41.3 Å². The Balaban J connectivity index is 1.73. The fourth-order valence-corrected chi connectivity index (χ4v) is 5.24. The van der Waals surface area contributed by atoms with Crippen molar-refractivity contribution in [2.75, 3.05) is 18.1 Å². The molecule has 2 heterocycles. The average molecular weight is 423 g/mol. The number of anilines is 1. The summed E-state index contributed by atoms with van der Waals surface area (Å²) in [6.07, 6.45) is 1.70. The molecule has 30 heavy (non-hydrogen) atoms. The predicted octanol–water partition coefficient (Wildman–Crippen LogP) is 2.92. The third kappa shape index (κ3) is 3.68. The second-order valence-corrected chi connectivity index (χ2v) is 9.55.